The normalized spacial score (nSPS) is 10.8. The fourth-order valence-corrected chi connectivity index (χ4v) is 2.76. The van der Waals surface area contributed by atoms with E-state index in [1.807, 2.05) is 36.5 Å². The van der Waals surface area contributed by atoms with E-state index >= 15 is 0 Å². The van der Waals surface area contributed by atoms with Crippen LogP contribution in [0, 0.1) is 0 Å². The number of methoxy groups -OCH3 is 1. The average molecular weight is 377 g/mol. The number of anilines is 1. The maximum Gasteiger partial charge on any atom is 0.276 e. The highest BCUT2D eigenvalue weighted by molar-refractivity contribution is 6.02. The molecular weight excluding hydrogens is 358 g/mol. The van der Waals surface area contributed by atoms with Gasteiger partial charge in [0.15, 0.2) is 5.69 Å². The van der Waals surface area contributed by atoms with E-state index in [1.54, 1.807) is 52.0 Å². The van der Waals surface area contributed by atoms with Crippen molar-refractivity contribution in [3.05, 3.63) is 78.6 Å². The zero-order chi connectivity index (χ0) is 19.3. The van der Waals surface area contributed by atoms with Gasteiger partial charge in [-0.1, -0.05) is 12.1 Å². The molecule has 9 heteroatoms. The third-order valence-electron chi connectivity index (χ3n) is 4.09. The zero-order valence-electron chi connectivity index (χ0n) is 15.3. The Morgan fingerprint density at radius 1 is 1.11 bits per heavy atom. The van der Waals surface area contributed by atoms with Gasteiger partial charge in [0, 0.05) is 24.8 Å². The molecule has 3 aromatic heterocycles. The first-order valence-electron chi connectivity index (χ1n) is 8.67. The van der Waals surface area contributed by atoms with Crippen LogP contribution in [-0.4, -0.2) is 42.4 Å². The maximum absolute atomic E-state index is 12.4. The van der Waals surface area contributed by atoms with E-state index in [-0.39, 0.29) is 5.91 Å². The molecule has 4 aromatic rings. The molecule has 0 fully saturated rings. The van der Waals surface area contributed by atoms with Crippen LogP contribution in [0.4, 0.5) is 5.69 Å². The van der Waals surface area contributed by atoms with Crippen LogP contribution in [0.3, 0.4) is 0 Å². The fourth-order valence-electron chi connectivity index (χ4n) is 2.76. The van der Waals surface area contributed by atoms with Gasteiger partial charge in [0.25, 0.3) is 5.91 Å². The minimum atomic E-state index is -0.292. The number of carbonyl (C=O) groups is 1. The number of ether oxygens (including phenoxy) is 1. The quantitative estimate of drug-likeness (QED) is 0.532. The smallest absolute Gasteiger partial charge is 0.276 e. The van der Waals surface area contributed by atoms with Crippen LogP contribution in [0.2, 0.25) is 0 Å². The first-order chi connectivity index (χ1) is 13.7. The monoisotopic (exact) mass is 377 g/mol. The largest absolute Gasteiger partial charge is 0.497 e. The van der Waals surface area contributed by atoms with Crippen LogP contribution in [-0.2, 0) is 13.2 Å². The molecule has 1 amide bonds. The van der Waals surface area contributed by atoms with Gasteiger partial charge in [-0.3, -0.25) is 18.8 Å². The second-order valence-corrected chi connectivity index (χ2v) is 6.16. The lowest BCUT2D eigenvalue weighted by Gasteiger charge is -2.04. The molecule has 0 saturated heterocycles. The Bertz CT molecular complexity index is 1070. The molecule has 0 atom stereocenters. The predicted molar refractivity (Wildman–Crippen MR) is 102 cm³/mol. The first-order valence-corrected chi connectivity index (χ1v) is 8.67. The number of nitrogens with zero attached hydrogens (tertiary/aromatic N) is 6. The lowest BCUT2D eigenvalue weighted by Crippen LogP contribution is -2.14. The van der Waals surface area contributed by atoms with Crippen molar-refractivity contribution in [1.82, 2.24) is 29.3 Å². The third kappa shape index (κ3) is 4.09. The number of hydrogen-bond acceptors (Lipinski definition) is 5. The van der Waals surface area contributed by atoms with E-state index < -0.39 is 0 Å². The number of hydrogen-bond donors (Lipinski definition) is 1. The minimum Gasteiger partial charge on any atom is -0.497 e. The van der Waals surface area contributed by atoms with Crippen molar-refractivity contribution in [3.63, 3.8) is 0 Å². The summed E-state index contributed by atoms with van der Waals surface area (Å²) in [6.07, 6.45) is 8.65. The van der Waals surface area contributed by atoms with Crippen LogP contribution in [0.15, 0.2) is 67.4 Å². The van der Waals surface area contributed by atoms with Crippen molar-refractivity contribution in [2.24, 2.45) is 0 Å². The second kappa shape index (κ2) is 7.78. The summed E-state index contributed by atoms with van der Waals surface area (Å²) < 4.78 is 10.4. The Balaban J connectivity index is 1.38. The van der Waals surface area contributed by atoms with Crippen LogP contribution < -0.4 is 10.1 Å². The summed E-state index contributed by atoms with van der Waals surface area (Å²) in [6.45, 7) is 1.02. The maximum atomic E-state index is 12.4. The van der Waals surface area contributed by atoms with Crippen molar-refractivity contribution < 1.29 is 9.53 Å². The highest BCUT2D eigenvalue weighted by Crippen LogP contribution is 2.15. The highest BCUT2D eigenvalue weighted by Gasteiger charge is 2.11. The van der Waals surface area contributed by atoms with Gasteiger partial charge in [-0.15, -0.1) is 0 Å². The molecule has 3 heterocycles. The van der Waals surface area contributed by atoms with Crippen molar-refractivity contribution in [1.29, 1.82) is 0 Å². The standard InChI is InChI=1S/C19H19N7O2/c1-28-17-5-2-4-15(10-17)12-26-13-16(11-21-26)22-19(27)18-6-9-25(23-18)14-24-8-3-7-20-24/h2-11,13H,12,14H2,1H3,(H,22,27). The van der Waals surface area contributed by atoms with Crippen molar-refractivity contribution in [2.75, 3.05) is 12.4 Å². The van der Waals surface area contributed by atoms with E-state index in [9.17, 15) is 4.79 Å². The van der Waals surface area contributed by atoms with E-state index in [0.29, 0.717) is 24.6 Å². The SMILES string of the molecule is COc1cccc(Cn2cc(NC(=O)c3ccn(Cn4cccn4)n3)cn2)c1. The average Bonchev–Trinajstić information content (AvgIpc) is 3.45. The molecule has 0 aliphatic carbocycles. The summed E-state index contributed by atoms with van der Waals surface area (Å²) in [4.78, 5) is 12.4. The minimum absolute atomic E-state index is 0.292. The van der Waals surface area contributed by atoms with E-state index in [0.717, 1.165) is 11.3 Å². The van der Waals surface area contributed by atoms with Gasteiger partial charge in [-0.05, 0) is 29.8 Å². The van der Waals surface area contributed by atoms with Crippen molar-refractivity contribution in [2.45, 2.75) is 13.2 Å². The molecule has 1 aromatic carbocycles. The predicted octanol–water partition coefficient (Wildman–Crippen LogP) is 2.09. The Morgan fingerprint density at radius 3 is 2.86 bits per heavy atom. The van der Waals surface area contributed by atoms with Crippen LogP contribution in [0.5, 0.6) is 5.75 Å². The molecular formula is C19H19N7O2. The number of carbonyl (C=O) groups excluding carboxylic acids is 1. The van der Waals surface area contributed by atoms with Gasteiger partial charge in [0.05, 0.1) is 25.5 Å². The van der Waals surface area contributed by atoms with Gasteiger partial charge < -0.3 is 10.1 Å². The number of rotatable bonds is 7. The molecule has 4 rings (SSSR count). The summed E-state index contributed by atoms with van der Waals surface area (Å²) in [5, 5.41) is 15.5. The Hall–Kier alpha value is -3.88. The third-order valence-corrected chi connectivity index (χ3v) is 4.09. The summed E-state index contributed by atoms with van der Waals surface area (Å²) in [5.74, 6) is 0.504. The van der Waals surface area contributed by atoms with Gasteiger partial charge >= 0.3 is 0 Å². The molecule has 0 unspecified atom stereocenters. The molecule has 0 bridgehead atoms. The molecule has 1 N–H and O–H groups in total. The van der Waals surface area contributed by atoms with E-state index in [4.69, 9.17) is 4.74 Å². The lowest BCUT2D eigenvalue weighted by molar-refractivity contribution is 0.102. The molecule has 0 saturated carbocycles. The summed E-state index contributed by atoms with van der Waals surface area (Å²) in [7, 11) is 1.64. The van der Waals surface area contributed by atoms with Crippen molar-refractivity contribution in [3.8, 4) is 5.75 Å². The summed E-state index contributed by atoms with van der Waals surface area (Å²) in [6, 6.07) is 11.3. The Labute approximate surface area is 161 Å². The first kappa shape index (κ1) is 17.5. The summed E-state index contributed by atoms with van der Waals surface area (Å²) >= 11 is 0. The van der Waals surface area contributed by atoms with Gasteiger partial charge in [-0.25, -0.2) is 0 Å². The second-order valence-electron chi connectivity index (χ2n) is 6.16. The van der Waals surface area contributed by atoms with Crippen LogP contribution >= 0.6 is 0 Å². The van der Waals surface area contributed by atoms with Crippen LogP contribution in [0.1, 0.15) is 16.1 Å². The molecule has 0 aliphatic rings. The van der Waals surface area contributed by atoms with E-state index in [2.05, 4.69) is 20.6 Å². The number of amides is 1. The Morgan fingerprint density at radius 2 is 2.04 bits per heavy atom. The molecule has 9 nitrogen and oxygen atoms in total. The van der Waals surface area contributed by atoms with Crippen molar-refractivity contribution >= 4 is 11.6 Å². The number of nitrogens with one attached hydrogen (secondary N) is 1. The highest BCUT2D eigenvalue weighted by atomic mass is 16.5. The zero-order valence-corrected chi connectivity index (χ0v) is 15.3. The number of aromatic nitrogens is 6. The Kier molecular flexibility index (Phi) is 4.87. The van der Waals surface area contributed by atoms with Gasteiger partial charge in [0.2, 0.25) is 0 Å². The van der Waals surface area contributed by atoms with Crippen LogP contribution in [0.25, 0.3) is 0 Å². The molecule has 0 aliphatic heterocycles. The molecule has 28 heavy (non-hydrogen) atoms. The van der Waals surface area contributed by atoms with E-state index in [1.165, 1.54) is 0 Å². The number of benzene rings is 1. The van der Waals surface area contributed by atoms with Gasteiger partial charge in [0.1, 0.15) is 12.4 Å². The summed E-state index contributed by atoms with van der Waals surface area (Å²) in [5.41, 5.74) is 1.99. The molecule has 0 radical (unpaired) electrons. The topological polar surface area (TPSA) is 91.8 Å². The molecule has 142 valence electrons. The lowest BCUT2D eigenvalue weighted by atomic mass is 10.2. The molecule has 0 spiro atoms. The van der Waals surface area contributed by atoms with Gasteiger partial charge in [-0.2, -0.15) is 15.3 Å². The fraction of sp³-hybridized carbons (Fsp3) is 0.158.